The molecule has 0 fully saturated rings. The number of nitrogens with two attached hydrogens (primary N) is 1. The normalized spacial score (nSPS) is 11.7. The fourth-order valence-corrected chi connectivity index (χ4v) is 3.31. The van der Waals surface area contributed by atoms with Crippen molar-refractivity contribution in [2.75, 3.05) is 6.54 Å². The van der Waals surface area contributed by atoms with Crippen LogP contribution in [-0.4, -0.2) is 24.7 Å². The van der Waals surface area contributed by atoms with Crippen molar-refractivity contribution >= 4 is 10.0 Å². The van der Waals surface area contributed by atoms with E-state index in [1.807, 2.05) is 31.4 Å². The van der Waals surface area contributed by atoms with E-state index in [0.29, 0.717) is 19.5 Å². The minimum absolute atomic E-state index is 0.0482. The van der Waals surface area contributed by atoms with Gasteiger partial charge in [-0.15, -0.1) is 0 Å². The highest BCUT2D eigenvalue weighted by molar-refractivity contribution is 7.88. The average molecular weight is 308 g/mol. The lowest BCUT2D eigenvalue weighted by atomic mass is 10.1. The van der Waals surface area contributed by atoms with Gasteiger partial charge in [0.1, 0.15) is 0 Å². The van der Waals surface area contributed by atoms with E-state index in [0.717, 1.165) is 16.7 Å². The van der Waals surface area contributed by atoms with Gasteiger partial charge in [0.25, 0.3) is 0 Å². The lowest BCUT2D eigenvalue weighted by Gasteiger charge is -2.09. The molecule has 0 aliphatic rings. The van der Waals surface area contributed by atoms with Gasteiger partial charge >= 0.3 is 0 Å². The maximum atomic E-state index is 12.1. The molecule has 7 heteroatoms. The molecule has 21 heavy (non-hydrogen) atoms. The van der Waals surface area contributed by atoms with Crippen LogP contribution in [0.25, 0.3) is 0 Å². The van der Waals surface area contributed by atoms with Crippen LogP contribution in [0.3, 0.4) is 0 Å². The van der Waals surface area contributed by atoms with Gasteiger partial charge in [-0.05, 0) is 23.1 Å². The van der Waals surface area contributed by atoms with Crippen LogP contribution in [0.15, 0.2) is 36.7 Å². The molecule has 3 N–H and O–H groups in total. The third kappa shape index (κ3) is 4.66. The van der Waals surface area contributed by atoms with Gasteiger partial charge in [-0.1, -0.05) is 24.3 Å². The highest BCUT2D eigenvalue weighted by Crippen LogP contribution is 2.11. The van der Waals surface area contributed by atoms with Crippen LogP contribution in [0.4, 0.5) is 0 Å². The van der Waals surface area contributed by atoms with E-state index in [9.17, 15) is 8.42 Å². The second-order valence-electron chi connectivity index (χ2n) is 4.90. The first kappa shape index (κ1) is 15.7. The molecular weight excluding hydrogens is 288 g/mol. The summed E-state index contributed by atoms with van der Waals surface area (Å²) < 4.78 is 28.5. The van der Waals surface area contributed by atoms with Gasteiger partial charge in [0.2, 0.25) is 10.0 Å². The molecule has 1 heterocycles. The van der Waals surface area contributed by atoms with Crippen molar-refractivity contribution in [2.45, 2.75) is 18.7 Å². The minimum atomic E-state index is -3.36. The van der Waals surface area contributed by atoms with Gasteiger partial charge in [-0.3, -0.25) is 4.68 Å². The number of sulfonamides is 1. The maximum absolute atomic E-state index is 12.1. The molecule has 1 aromatic carbocycles. The molecular formula is C14H20N4O2S. The lowest BCUT2D eigenvalue weighted by Crippen LogP contribution is -2.27. The smallest absolute Gasteiger partial charge is 0.215 e. The van der Waals surface area contributed by atoms with Gasteiger partial charge in [0.05, 0.1) is 11.9 Å². The van der Waals surface area contributed by atoms with E-state index >= 15 is 0 Å². The van der Waals surface area contributed by atoms with Crippen LogP contribution in [0.1, 0.15) is 16.7 Å². The van der Waals surface area contributed by atoms with Crippen molar-refractivity contribution in [1.29, 1.82) is 0 Å². The second kappa shape index (κ2) is 6.84. The summed E-state index contributed by atoms with van der Waals surface area (Å²) in [6.45, 7) is 0.695. The Balaban J connectivity index is 1.92. The Morgan fingerprint density at radius 2 is 2.00 bits per heavy atom. The zero-order valence-corrected chi connectivity index (χ0v) is 12.8. The molecule has 6 nitrogen and oxygen atoms in total. The van der Waals surface area contributed by atoms with E-state index < -0.39 is 10.0 Å². The predicted octanol–water partition coefficient (Wildman–Crippen LogP) is 0.541. The highest BCUT2D eigenvalue weighted by Gasteiger charge is 2.13. The topological polar surface area (TPSA) is 90.0 Å². The molecule has 0 radical (unpaired) electrons. The van der Waals surface area contributed by atoms with Crippen molar-refractivity contribution in [3.63, 3.8) is 0 Å². The summed E-state index contributed by atoms with van der Waals surface area (Å²) in [5.74, 6) is -0.0482. The Bertz CT molecular complexity index is 695. The summed E-state index contributed by atoms with van der Waals surface area (Å²) in [5.41, 5.74) is 8.23. The third-order valence-electron chi connectivity index (χ3n) is 3.18. The molecule has 2 rings (SSSR count). The molecule has 0 saturated heterocycles. The number of nitrogens with zero attached hydrogens (tertiary/aromatic N) is 2. The summed E-state index contributed by atoms with van der Waals surface area (Å²) >= 11 is 0. The van der Waals surface area contributed by atoms with Gasteiger partial charge < -0.3 is 5.73 Å². The third-order valence-corrected chi connectivity index (χ3v) is 4.51. The van der Waals surface area contributed by atoms with Gasteiger partial charge in [0.15, 0.2) is 0 Å². The van der Waals surface area contributed by atoms with Gasteiger partial charge in [-0.2, -0.15) is 5.10 Å². The Morgan fingerprint density at radius 1 is 1.29 bits per heavy atom. The monoisotopic (exact) mass is 308 g/mol. The molecule has 0 aliphatic carbocycles. The lowest BCUT2D eigenvalue weighted by molar-refractivity contribution is 0.580. The molecule has 0 atom stereocenters. The number of aromatic nitrogens is 2. The number of nitrogens with one attached hydrogen (secondary N) is 1. The molecule has 0 unspecified atom stereocenters. The Labute approximate surface area is 125 Å². The first-order chi connectivity index (χ1) is 10.00. The molecule has 0 bridgehead atoms. The zero-order chi connectivity index (χ0) is 15.3. The van der Waals surface area contributed by atoms with Crippen LogP contribution in [0.2, 0.25) is 0 Å². The molecule has 0 amide bonds. The van der Waals surface area contributed by atoms with Crippen LogP contribution in [0, 0.1) is 0 Å². The number of rotatable bonds is 7. The maximum Gasteiger partial charge on any atom is 0.215 e. The van der Waals surface area contributed by atoms with Gasteiger partial charge in [0, 0.05) is 26.3 Å². The highest BCUT2D eigenvalue weighted by atomic mass is 32.2. The predicted molar refractivity (Wildman–Crippen MR) is 81.9 cm³/mol. The fourth-order valence-electron chi connectivity index (χ4n) is 2.11. The van der Waals surface area contributed by atoms with E-state index in [1.54, 1.807) is 16.9 Å². The Hall–Kier alpha value is -1.70. The van der Waals surface area contributed by atoms with Crippen LogP contribution >= 0.6 is 0 Å². The van der Waals surface area contributed by atoms with Crippen molar-refractivity contribution in [3.8, 4) is 0 Å². The van der Waals surface area contributed by atoms with E-state index in [2.05, 4.69) is 9.82 Å². The number of benzene rings is 1. The minimum Gasteiger partial charge on any atom is -0.326 e. The number of hydrogen-bond acceptors (Lipinski definition) is 4. The molecule has 0 spiro atoms. The number of hydrogen-bond donors (Lipinski definition) is 2. The summed E-state index contributed by atoms with van der Waals surface area (Å²) in [4.78, 5) is 0. The molecule has 114 valence electrons. The van der Waals surface area contributed by atoms with Crippen molar-refractivity contribution < 1.29 is 8.42 Å². The van der Waals surface area contributed by atoms with E-state index in [1.165, 1.54) is 0 Å². The summed E-state index contributed by atoms with van der Waals surface area (Å²) in [7, 11) is -1.53. The largest absolute Gasteiger partial charge is 0.326 e. The van der Waals surface area contributed by atoms with E-state index in [4.69, 9.17) is 5.73 Å². The van der Waals surface area contributed by atoms with Crippen LogP contribution in [-0.2, 0) is 35.8 Å². The SMILES string of the molecule is Cn1cc(CCNS(=O)(=O)Cc2ccccc2CN)cn1. The molecule has 0 saturated carbocycles. The number of aryl methyl sites for hydroxylation is 1. The van der Waals surface area contributed by atoms with Crippen LogP contribution < -0.4 is 10.5 Å². The summed E-state index contributed by atoms with van der Waals surface area (Å²) in [6.07, 6.45) is 4.22. The molecule has 0 aliphatic heterocycles. The van der Waals surface area contributed by atoms with Gasteiger partial charge in [-0.25, -0.2) is 13.1 Å². The first-order valence-electron chi connectivity index (χ1n) is 6.72. The second-order valence-corrected chi connectivity index (χ2v) is 6.71. The summed E-state index contributed by atoms with van der Waals surface area (Å²) in [5, 5.41) is 4.05. The Morgan fingerprint density at radius 3 is 2.62 bits per heavy atom. The Kier molecular flexibility index (Phi) is 5.11. The van der Waals surface area contributed by atoms with Crippen LogP contribution in [0.5, 0.6) is 0 Å². The van der Waals surface area contributed by atoms with Crippen molar-refractivity contribution in [3.05, 3.63) is 53.3 Å². The quantitative estimate of drug-likeness (QED) is 0.781. The first-order valence-corrected chi connectivity index (χ1v) is 8.37. The molecule has 2 aromatic rings. The van der Waals surface area contributed by atoms with E-state index in [-0.39, 0.29) is 5.75 Å². The average Bonchev–Trinajstić information content (AvgIpc) is 2.84. The molecule has 1 aromatic heterocycles. The summed E-state index contributed by atoms with van der Waals surface area (Å²) in [6, 6.07) is 7.32. The van der Waals surface area contributed by atoms with Crippen molar-refractivity contribution in [2.24, 2.45) is 12.8 Å². The standard InChI is InChI=1S/C14H20N4O2S/c1-18-10-12(9-16-18)6-7-17-21(19,20)11-14-5-3-2-4-13(14)8-15/h2-5,9-10,17H,6-8,11,15H2,1H3. The zero-order valence-electron chi connectivity index (χ0n) is 12.0. The van der Waals surface area contributed by atoms with Crippen molar-refractivity contribution in [1.82, 2.24) is 14.5 Å². The fraction of sp³-hybridized carbons (Fsp3) is 0.357.